The number of benzene rings is 1. The molecule has 3 unspecified atom stereocenters. The van der Waals surface area contributed by atoms with Crippen molar-refractivity contribution in [2.75, 3.05) is 18.6 Å². The van der Waals surface area contributed by atoms with E-state index in [2.05, 4.69) is 5.32 Å². The molecule has 0 saturated carbocycles. The molecule has 0 bridgehead atoms. The summed E-state index contributed by atoms with van der Waals surface area (Å²) in [7, 11) is -1.04. The van der Waals surface area contributed by atoms with Crippen LogP contribution in [0.15, 0.2) is 18.2 Å². The standard InChI is InChI=1S/C13H16F2N2O2S/c1-8(7-20(2)19)17-12(18)6-16-13(17)9-3-4-10(14)11(15)5-9/h3-5,8,13,16H,6-7H2,1-2H3. The largest absolute Gasteiger partial charge is 0.318 e. The van der Waals surface area contributed by atoms with E-state index in [0.29, 0.717) is 11.3 Å². The summed E-state index contributed by atoms with van der Waals surface area (Å²) in [6.45, 7) is 1.92. The molecule has 1 aromatic rings. The van der Waals surface area contributed by atoms with Gasteiger partial charge in [0.25, 0.3) is 0 Å². The minimum Gasteiger partial charge on any atom is -0.318 e. The Morgan fingerprint density at radius 1 is 1.45 bits per heavy atom. The van der Waals surface area contributed by atoms with Crippen molar-refractivity contribution in [1.29, 1.82) is 0 Å². The van der Waals surface area contributed by atoms with Crippen LogP contribution in [0.25, 0.3) is 0 Å². The molecule has 1 aliphatic heterocycles. The summed E-state index contributed by atoms with van der Waals surface area (Å²) in [5.74, 6) is -1.67. The van der Waals surface area contributed by atoms with Crippen LogP contribution in [-0.4, -0.2) is 39.6 Å². The van der Waals surface area contributed by atoms with Gasteiger partial charge in [0.05, 0.1) is 6.54 Å². The summed E-state index contributed by atoms with van der Waals surface area (Å²) in [5.41, 5.74) is 0.475. The lowest BCUT2D eigenvalue weighted by molar-refractivity contribution is -0.129. The number of carbonyl (C=O) groups is 1. The first-order valence-corrected chi connectivity index (χ1v) is 7.92. The Bertz CT molecular complexity index is 553. The zero-order valence-electron chi connectivity index (χ0n) is 11.2. The van der Waals surface area contributed by atoms with Gasteiger partial charge in [-0.1, -0.05) is 6.07 Å². The first kappa shape index (κ1) is 15.1. The highest BCUT2D eigenvalue weighted by atomic mass is 32.2. The molecule has 110 valence electrons. The van der Waals surface area contributed by atoms with Gasteiger partial charge in [-0.2, -0.15) is 0 Å². The Labute approximate surface area is 118 Å². The maximum absolute atomic E-state index is 13.3. The Morgan fingerprint density at radius 3 is 2.75 bits per heavy atom. The highest BCUT2D eigenvalue weighted by Crippen LogP contribution is 2.26. The molecule has 0 radical (unpaired) electrons. The van der Waals surface area contributed by atoms with E-state index in [9.17, 15) is 17.8 Å². The molecule has 4 nitrogen and oxygen atoms in total. The molecule has 0 aromatic heterocycles. The van der Waals surface area contributed by atoms with Crippen LogP contribution in [0, 0.1) is 11.6 Å². The average Bonchev–Trinajstić information content (AvgIpc) is 2.74. The van der Waals surface area contributed by atoms with Crippen molar-refractivity contribution < 1.29 is 17.8 Å². The quantitative estimate of drug-likeness (QED) is 0.908. The van der Waals surface area contributed by atoms with Crippen molar-refractivity contribution in [2.45, 2.75) is 19.1 Å². The van der Waals surface area contributed by atoms with E-state index < -0.39 is 28.6 Å². The van der Waals surface area contributed by atoms with Gasteiger partial charge >= 0.3 is 0 Å². The van der Waals surface area contributed by atoms with Crippen LogP contribution in [0.3, 0.4) is 0 Å². The van der Waals surface area contributed by atoms with E-state index in [4.69, 9.17) is 0 Å². The molecular formula is C13H16F2N2O2S. The zero-order chi connectivity index (χ0) is 14.9. The third kappa shape index (κ3) is 3.04. The average molecular weight is 302 g/mol. The second-order valence-electron chi connectivity index (χ2n) is 4.85. The summed E-state index contributed by atoms with van der Waals surface area (Å²) in [6.07, 6.45) is 1.05. The molecule has 0 spiro atoms. The van der Waals surface area contributed by atoms with Gasteiger partial charge in [-0.25, -0.2) is 8.78 Å². The lowest BCUT2D eigenvalue weighted by Crippen LogP contribution is -2.40. The summed E-state index contributed by atoms with van der Waals surface area (Å²) >= 11 is 0. The Balaban J connectivity index is 2.27. The normalized spacial score (nSPS) is 22.1. The van der Waals surface area contributed by atoms with E-state index in [0.717, 1.165) is 12.1 Å². The molecular weight excluding hydrogens is 286 g/mol. The predicted octanol–water partition coefficient (Wildman–Crippen LogP) is 1.16. The van der Waals surface area contributed by atoms with Crippen LogP contribution >= 0.6 is 0 Å². The highest BCUT2D eigenvalue weighted by Gasteiger charge is 2.35. The SMILES string of the molecule is CC(CS(C)=O)N1C(=O)CNC1c1ccc(F)c(F)c1. The van der Waals surface area contributed by atoms with Gasteiger partial charge in [-0.05, 0) is 24.6 Å². The second-order valence-corrected chi connectivity index (χ2v) is 6.33. The third-order valence-corrected chi connectivity index (χ3v) is 4.17. The van der Waals surface area contributed by atoms with Crippen LogP contribution < -0.4 is 5.32 Å². The maximum atomic E-state index is 13.3. The van der Waals surface area contributed by atoms with E-state index in [1.807, 2.05) is 0 Å². The predicted molar refractivity (Wildman–Crippen MR) is 72.3 cm³/mol. The van der Waals surface area contributed by atoms with Crippen LogP contribution in [0.5, 0.6) is 0 Å². The molecule has 20 heavy (non-hydrogen) atoms. The van der Waals surface area contributed by atoms with Crippen LogP contribution in [0.4, 0.5) is 8.78 Å². The molecule has 7 heteroatoms. The molecule has 1 fully saturated rings. The first-order chi connectivity index (χ1) is 9.40. The van der Waals surface area contributed by atoms with Gasteiger partial charge in [0.1, 0.15) is 6.17 Å². The van der Waals surface area contributed by atoms with E-state index in [1.165, 1.54) is 11.0 Å². The minimum atomic E-state index is -1.04. The van der Waals surface area contributed by atoms with Gasteiger partial charge in [-0.3, -0.25) is 14.3 Å². The minimum absolute atomic E-state index is 0.129. The molecule has 1 aliphatic rings. The molecule has 1 heterocycles. The maximum Gasteiger partial charge on any atom is 0.238 e. The molecule has 1 saturated heterocycles. The number of rotatable bonds is 4. The fourth-order valence-electron chi connectivity index (χ4n) is 2.40. The Morgan fingerprint density at radius 2 is 2.15 bits per heavy atom. The van der Waals surface area contributed by atoms with Crippen molar-refractivity contribution in [3.8, 4) is 0 Å². The van der Waals surface area contributed by atoms with Gasteiger partial charge in [-0.15, -0.1) is 0 Å². The number of hydrogen-bond acceptors (Lipinski definition) is 3. The number of nitrogens with zero attached hydrogens (tertiary/aromatic N) is 1. The summed E-state index contributed by atoms with van der Waals surface area (Å²) in [4.78, 5) is 13.5. The van der Waals surface area contributed by atoms with Gasteiger partial charge < -0.3 is 4.90 Å². The fourth-order valence-corrected chi connectivity index (χ4v) is 3.24. The molecule has 2 rings (SSSR count). The van der Waals surface area contributed by atoms with Gasteiger partial charge in [0.2, 0.25) is 5.91 Å². The van der Waals surface area contributed by atoms with Crippen LogP contribution in [0.1, 0.15) is 18.7 Å². The fraction of sp³-hybridized carbons (Fsp3) is 0.462. The second kappa shape index (κ2) is 5.97. The molecule has 1 amide bonds. The number of amides is 1. The van der Waals surface area contributed by atoms with Crippen molar-refractivity contribution in [3.63, 3.8) is 0 Å². The zero-order valence-corrected chi connectivity index (χ0v) is 12.0. The number of hydrogen-bond donors (Lipinski definition) is 1. The lowest BCUT2D eigenvalue weighted by atomic mass is 10.1. The summed E-state index contributed by atoms with van der Waals surface area (Å²) in [6, 6.07) is 3.31. The van der Waals surface area contributed by atoms with Gasteiger partial charge in [0, 0.05) is 28.9 Å². The summed E-state index contributed by atoms with van der Waals surface area (Å²) in [5, 5.41) is 2.96. The highest BCUT2D eigenvalue weighted by molar-refractivity contribution is 7.84. The smallest absolute Gasteiger partial charge is 0.238 e. The number of carbonyl (C=O) groups excluding carboxylic acids is 1. The number of halogens is 2. The van der Waals surface area contributed by atoms with Crippen LogP contribution in [0.2, 0.25) is 0 Å². The van der Waals surface area contributed by atoms with Crippen molar-refractivity contribution in [1.82, 2.24) is 10.2 Å². The first-order valence-electron chi connectivity index (χ1n) is 6.19. The number of nitrogens with one attached hydrogen (secondary N) is 1. The van der Waals surface area contributed by atoms with E-state index >= 15 is 0 Å². The molecule has 1 N–H and O–H groups in total. The summed E-state index contributed by atoms with van der Waals surface area (Å²) < 4.78 is 37.6. The molecule has 3 atom stereocenters. The molecule has 1 aromatic carbocycles. The lowest BCUT2D eigenvalue weighted by Gasteiger charge is -2.30. The van der Waals surface area contributed by atoms with E-state index in [-0.39, 0.29) is 18.5 Å². The van der Waals surface area contributed by atoms with Crippen molar-refractivity contribution in [2.24, 2.45) is 0 Å². The Kier molecular flexibility index (Phi) is 4.49. The van der Waals surface area contributed by atoms with Crippen LogP contribution in [-0.2, 0) is 15.6 Å². The Hall–Kier alpha value is -1.34. The van der Waals surface area contributed by atoms with E-state index in [1.54, 1.807) is 13.2 Å². The topological polar surface area (TPSA) is 49.4 Å². The monoisotopic (exact) mass is 302 g/mol. The molecule has 0 aliphatic carbocycles. The van der Waals surface area contributed by atoms with Gasteiger partial charge in [0.15, 0.2) is 11.6 Å². The van der Waals surface area contributed by atoms with Crippen molar-refractivity contribution in [3.05, 3.63) is 35.4 Å². The van der Waals surface area contributed by atoms with Crippen molar-refractivity contribution >= 4 is 16.7 Å². The third-order valence-electron chi connectivity index (χ3n) is 3.22.